The van der Waals surface area contributed by atoms with Crippen molar-refractivity contribution in [1.29, 1.82) is 0 Å². The summed E-state index contributed by atoms with van der Waals surface area (Å²) in [5, 5.41) is 20.6. The van der Waals surface area contributed by atoms with Crippen LogP contribution in [-0.4, -0.2) is 15.8 Å². The van der Waals surface area contributed by atoms with Crippen LogP contribution in [-0.2, 0) is 6.42 Å². The molecule has 1 aromatic rings. The number of aryl methyl sites for hydroxylation is 1. The highest BCUT2D eigenvalue weighted by Crippen LogP contribution is 2.53. The van der Waals surface area contributed by atoms with Gasteiger partial charge in [-0.05, 0) is 56.9 Å². The molecule has 0 saturated heterocycles. The van der Waals surface area contributed by atoms with Crippen LogP contribution in [0.5, 0.6) is 11.5 Å². The number of unbranched alkanes of at least 4 members (excludes halogenated alkanes) is 2. The lowest BCUT2D eigenvalue weighted by molar-refractivity contribution is 0.00801. The number of aliphatic hydroxyl groups excluding tert-OH is 1. The Morgan fingerprint density at radius 1 is 1.22 bits per heavy atom. The Labute approximate surface area is 139 Å². The summed E-state index contributed by atoms with van der Waals surface area (Å²) in [4.78, 5) is 0. The predicted molar refractivity (Wildman–Crippen MR) is 92.2 cm³/mol. The minimum absolute atomic E-state index is 0.0344. The van der Waals surface area contributed by atoms with Gasteiger partial charge in [-0.2, -0.15) is 0 Å². The second kappa shape index (κ2) is 6.10. The molecule has 2 aliphatic rings. The van der Waals surface area contributed by atoms with Gasteiger partial charge in [-0.15, -0.1) is 0 Å². The molecule has 2 N–H and O–H groups in total. The number of allylic oxidation sites excluding steroid dienone is 2. The van der Waals surface area contributed by atoms with E-state index < -0.39 is 0 Å². The SMILES string of the molecule is CCCCCc1cc(O)c2c(c1)OC(C)(C)C1CCC(O)=CC21. The molecule has 3 rings (SSSR count). The first-order chi connectivity index (χ1) is 10.9. The van der Waals surface area contributed by atoms with Crippen LogP contribution in [0.4, 0.5) is 0 Å². The molecule has 0 saturated carbocycles. The van der Waals surface area contributed by atoms with E-state index in [1.807, 2.05) is 12.1 Å². The van der Waals surface area contributed by atoms with E-state index in [4.69, 9.17) is 4.74 Å². The Balaban J connectivity index is 1.99. The fourth-order valence-electron chi connectivity index (χ4n) is 4.12. The zero-order valence-corrected chi connectivity index (χ0v) is 14.4. The second-order valence-electron chi connectivity index (χ2n) is 7.52. The number of benzene rings is 1. The van der Waals surface area contributed by atoms with Crippen molar-refractivity contribution in [3.63, 3.8) is 0 Å². The number of ether oxygens (including phenoxy) is 1. The summed E-state index contributed by atoms with van der Waals surface area (Å²) in [7, 11) is 0. The van der Waals surface area contributed by atoms with E-state index in [1.165, 1.54) is 12.8 Å². The highest BCUT2D eigenvalue weighted by atomic mass is 16.5. The van der Waals surface area contributed by atoms with Crippen LogP contribution in [0.15, 0.2) is 24.0 Å². The van der Waals surface area contributed by atoms with E-state index in [0.717, 1.165) is 36.1 Å². The molecule has 1 aliphatic heterocycles. The van der Waals surface area contributed by atoms with Gasteiger partial charge in [-0.25, -0.2) is 0 Å². The van der Waals surface area contributed by atoms with E-state index in [2.05, 4.69) is 26.8 Å². The first-order valence-electron chi connectivity index (χ1n) is 8.87. The normalized spacial score (nSPS) is 25.1. The monoisotopic (exact) mass is 316 g/mol. The van der Waals surface area contributed by atoms with Gasteiger partial charge in [0.25, 0.3) is 0 Å². The van der Waals surface area contributed by atoms with E-state index in [1.54, 1.807) is 0 Å². The molecule has 1 heterocycles. The minimum Gasteiger partial charge on any atom is -0.513 e. The molecule has 0 aromatic heterocycles. The van der Waals surface area contributed by atoms with Gasteiger partial charge < -0.3 is 14.9 Å². The fourth-order valence-corrected chi connectivity index (χ4v) is 4.12. The Kier molecular flexibility index (Phi) is 4.31. The van der Waals surface area contributed by atoms with Crippen LogP contribution >= 0.6 is 0 Å². The van der Waals surface area contributed by atoms with Gasteiger partial charge >= 0.3 is 0 Å². The molecule has 0 amide bonds. The van der Waals surface area contributed by atoms with Crippen molar-refractivity contribution in [2.24, 2.45) is 5.92 Å². The number of hydrogen-bond acceptors (Lipinski definition) is 3. The molecule has 0 fully saturated rings. The highest BCUT2D eigenvalue weighted by Gasteiger charge is 2.45. The lowest BCUT2D eigenvalue weighted by Crippen LogP contribution is -2.45. The lowest BCUT2D eigenvalue weighted by Gasteiger charge is -2.46. The van der Waals surface area contributed by atoms with Crippen molar-refractivity contribution in [2.45, 2.75) is 70.8 Å². The van der Waals surface area contributed by atoms with Crippen molar-refractivity contribution in [3.05, 3.63) is 35.1 Å². The Hall–Kier alpha value is -1.64. The lowest BCUT2D eigenvalue weighted by atomic mass is 9.69. The second-order valence-corrected chi connectivity index (χ2v) is 7.52. The smallest absolute Gasteiger partial charge is 0.127 e. The number of aliphatic hydroxyl groups is 1. The van der Waals surface area contributed by atoms with Crippen LogP contribution in [0.2, 0.25) is 0 Å². The number of rotatable bonds is 4. The first kappa shape index (κ1) is 16.2. The van der Waals surface area contributed by atoms with Gasteiger partial charge in [0.15, 0.2) is 0 Å². The van der Waals surface area contributed by atoms with Crippen LogP contribution < -0.4 is 4.74 Å². The van der Waals surface area contributed by atoms with Crippen LogP contribution in [0.3, 0.4) is 0 Å². The summed E-state index contributed by atoms with van der Waals surface area (Å²) in [6.07, 6.45) is 7.97. The summed E-state index contributed by atoms with van der Waals surface area (Å²) >= 11 is 0. The average molecular weight is 316 g/mol. The summed E-state index contributed by atoms with van der Waals surface area (Å²) in [5.74, 6) is 1.84. The van der Waals surface area contributed by atoms with Gasteiger partial charge in [-0.1, -0.05) is 19.8 Å². The Bertz CT molecular complexity index is 616. The number of fused-ring (bicyclic) bond motifs is 3. The highest BCUT2D eigenvalue weighted by molar-refractivity contribution is 5.53. The molecule has 2 atom stereocenters. The third-order valence-electron chi connectivity index (χ3n) is 5.37. The predicted octanol–water partition coefficient (Wildman–Crippen LogP) is 5.23. The van der Waals surface area contributed by atoms with Crippen LogP contribution in [0.1, 0.15) is 69.9 Å². The zero-order valence-electron chi connectivity index (χ0n) is 14.4. The van der Waals surface area contributed by atoms with Gasteiger partial charge in [0, 0.05) is 23.8 Å². The molecular weight excluding hydrogens is 288 g/mol. The van der Waals surface area contributed by atoms with Crippen molar-refractivity contribution >= 4 is 0 Å². The number of aromatic hydroxyl groups is 1. The fraction of sp³-hybridized carbons (Fsp3) is 0.600. The maximum atomic E-state index is 10.6. The summed E-state index contributed by atoms with van der Waals surface area (Å²) < 4.78 is 6.28. The summed E-state index contributed by atoms with van der Waals surface area (Å²) in [6, 6.07) is 3.97. The Morgan fingerprint density at radius 2 is 2.00 bits per heavy atom. The molecule has 1 aliphatic carbocycles. The standard InChI is InChI=1S/C20H28O3/c1-4-5-6-7-13-10-17(22)19-15-12-14(21)8-9-16(15)20(2,3)23-18(19)11-13/h10-12,15-16,21-22H,4-9H2,1-3H3. The first-order valence-corrected chi connectivity index (χ1v) is 8.87. The van der Waals surface area contributed by atoms with E-state index in [0.29, 0.717) is 17.9 Å². The van der Waals surface area contributed by atoms with E-state index in [-0.39, 0.29) is 17.4 Å². The van der Waals surface area contributed by atoms with E-state index in [9.17, 15) is 10.2 Å². The van der Waals surface area contributed by atoms with Crippen molar-refractivity contribution < 1.29 is 14.9 Å². The molecule has 126 valence electrons. The van der Waals surface area contributed by atoms with Crippen LogP contribution in [0.25, 0.3) is 0 Å². The molecule has 3 heteroatoms. The zero-order chi connectivity index (χ0) is 16.6. The molecule has 3 nitrogen and oxygen atoms in total. The van der Waals surface area contributed by atoms with Crippen molar-refractivity contribution in [2.75, 3.05) is 0 Å². The summed E-state index contributed by atoms with van der Waals surface area (Å²) in [6.45, 7) is 6.42. The van der Waals surface area contributed by atoms with Crippen LogP contribution in [0, 0.1) is 5.92 Å². The van der Waals surface area contributed by atoms with Gasteiger partial charge in [0.2, 0.25) is 0 Å². The van der Waals surface area contributed by atoms with Gasteiger partial charge in [-0.3, -0.25) is 0 Å². The topological polar surface area (TPSA) is 49.7 Å². The minimum atomic E-state index is -0.288. The average Bonchev–Trinajstić information content (AvgIpc) is 2.46. The third-order valence-corrected chi connectivity index (χ3v) is 5.37. The number of phenols is 1. The maximum absolute atomic E-state index is 10.6. The quantitative estimate of drug-likeness (QED) is 0.748. The molecule has 0 spiro atoms. The third kappa shape index (κ3) is 3.06. The van der Waals surface area contributed by atoms with Crippen molar-refractivity contribution in [3.8, 4) is 11.5 Å². The molecular formula is C20H28O3. The van der Waals surface area contributed by atoms with Crippen molar-refractivity contribution in [1.82, 2.24) is 0 Å². The molecule has 0 radical (unpaired) electrons. The van der Waals surface area contributed by atoms with Gasteiger partial charge in [0.05, 0.1) is 5.76 Å². The number of hydrogen-bond donors (Lipinski definition) is 2. The maximum Gasteiger partial charge on any atom is 0.127 e. The largest absolute Gasteiger partial charge is 0.513 e. The molecule has 2 unspecified atom stereocenters. The molecule has 0 bridgehead atoms. The van der Waals surface area contributed by atoms with E-state index >= 15 is 0 Å². The Morgan fingerprint density at radius 3 is 2.74 bits per heavy atom. The number of phenolic OH excluding ortho intramolecular Hbond substituents is 1. The molecule has 1 aromatic carbocycles. The molecule has 23 heavy (non-hydrogen) atoms. The van der Waals surface area contributed by atoms with Gasteiger partial charge in [0.1, 0.15) is 17.1 Å². The summed E-state index contributed by atoms with van der Waals surface area (Å²) in [5.41, 5.74) is 1.69.